The van der Waals surface area contributed by atoms with Crippen molar-refractivity contribution in [1.29, 1.82) is 0 Å². The summed E-state index contributed by atoms with van der Waals surface area (Å²) in [4.78, 5) is 5.10. The number of benzene rings is 1. The number of halogens is 1. The van der Waals surface area contributed by atoms with E-state index in [-0.39, 0.29) is 6.61 Å². The predicted octanol–water partition coefficient (Wildman–Crippen LogP) is 3.27. The van der Waals surface area contributed by atoms with E-state index < -0.39 is 0 Å². The molecule has 2 rings (SSSR count). The maximum Gasteiger partial charge on any atom is 0.273 e. The molecule has 17 heavy (non-hydrogen) atoms. The molecule has 1 aromatic carbocycles. The molecule has 0 saturated carbocycles. The molecule has 5 heteroatoms. The molecule has 0 bridgehead atoms. The van der Waals surface area contributed by atoms with Gasteiger partial charge in [-0.15, -0.1) is 0 Å². The number of ether oxygens (including phenoxy) is 1. The molecule has 90 valence electrons. The Morgan fingerprint density at radius 1 is 1.47 bits per heavy atom. The van der Waals surface area contributed by atoms with Crippen molar-refractivity contribution < 1.29 is 9.84 Å². The fourth-order valence-corrected chi connectivity index (χ4v) is 2.43. The molecule has 0 unspecified atom stereocenters. The van der Waals surface area contributed by atoms with Crippen molar-refractivity contribution in [2.75, 3.05) is 7.11 Å². The van der Waals surface area contributed by atoms with Crippen molar-refractivity contribution in [3.63, 3.8) is 0 Å². The Morgan fingerprint density at radius 2 is 2.24 bits per heavy atom. The van der Waals surface area contributed by atoms with Crippen LogP contribution in [0.5, 0.6) is 5.19 Å². The predicted molar refractivity (Wildman–Crippen MR) is 69.8 cm³/mol. The third-order valence-electron chi connectivity index (χ3n) is 2.44. The largest absolute Gasteiger partial charge is 0.473 e. The molecule has 3 nitrogen and oxygen atoms in total. The molecule has 0 spiro atoms. The molecule has 0 saturated heterocycles. The fourth-order valence-electron chi connectivity index (χ4n) is 1.49. The summed E-state index contributed by atoms with van der Waals surface area (Å²) < 4.78 is 5.08. The van der Waals surface area contributed by atoms with E-state index in [4.69, 9.17) is 16.3 Å². The summed E-state index contributed by atoms with van der Waals surface area (Å²) in [6, 6.07) is 5.73. The maximum absolute atomic E-state index is 9.29. The molecular formula is C12H12ClNO2S. The minimum absolute atomic E-state index is 0.0537. The molecule has 0 atom stereocenters. The van der Waals surface area contributed by atoms with Crippen LogP contribution in [0.3, 0.4) is 0 Å². The Morgan fingerprint density at radius 3 is 2.82 bits per heavy atom. The van der Waals surface area contributed by atoms with Gasteiger partial charge in [0.1, 0.15) is 0 Å². The van der Waals surface area contributed by atoms with Gasteiger partial charge in [-0.2, -0.15) is 0 Å². The number of hydrogen-bond donors (Lipinski definition) is 1. The van der Waals surface area contributed by atoms with Gasteiger partial charge in [-0.3, -0.25) is 0 Å². The first-order chi connectivity index (χ1) is 8.15. The van der Waals surface area contributed by atoms with Crippen molar-refractivity contribution in [2.45, 2.75) is 13.5 Å². The second-order valence-corrected chi connectivity index (χ2v) is 5.03. The average molecular weight is 270 g/mol. The zero-order chi connectivity index (χ0) is 12.4. The molecule has 1 aromatic heterocycles. The van der Waals surface area contributed by atoms with Crippen LogP contribution in [-0.4, -0.2) is 17.2 Å². The van der Waals surface area contributed by atoms with Crippen LogP contribution in [0.4, 0.5) is 0 Å². The summed E-state index contributed by atoms with van der Waals surface area (Å²) in [6.07, 6.45) is 0. The summed E-state index contributed by atoms with van der Waals surface area (Å²) >= 11 is 7.42. The molecule has 1 heterocycles. The van der Waals surface area contributed by atoms with Crippen molar-refractivity contribution in [3.8, 4) is 16.5 Å². The number of aliphatic hydroxyl groups excluding tert-OH is 1. The Kier molecular flexibility index (Phi) is 3.66. The van der Waals surface area contributed by atoms with E-state index in [9.17, 15) is 5.11 Å². The van der Waals surface area contributed by atoms with Crippen LogP contribution in [-0.2, 0) is 6.61 Å². The highest BCUT2D eigenvalue weighted by atomic mass is 35.5. The van der Waals surface area contributed by atoms with E-state index in [0.717, 1.165) is 21.7 Å². The lowest BCUT2D eigenvalue weighted by Crippen LogP contribution is -1.87. The van der Waals surface area contributed by atoms with Gasteiger partial charge in [0, 0.05) is 10.6 Å². The summed E-state index contributed by atoms with van der Waals surface area (Å²) in [7, 11) is 1.56. The zero-order valence-electron chi connectivity index (χ0n) is 9.53. The van der Waals surface area contributed by atoms with E-state index in [1.807, 2.05) is 25.1 Å². The zero-order valence-corrected chi connectivity index (χ0v) is 11.1. The Balaban J connectivity index is 2.51. The first kappa shape index (κ1) is 12.4. The minimum Gasteiger partial charge on any atom is -0.473 e. The van der Waals surface area contributed by atoms with Gasteiger partial charge in [0.2, 0.25) is 0 Å². The topological polar surface area (TPSA) is 42.4 Å². The molecule has 0 radical (unpaired) electrons. The van der Waals surface area contributed by atoms with E-state index in [2.05, 4.69) is 4.98 Å². The molecule has 2 aromatic rings. The highest BCUT2D eigenvalue weighted by Crippen LogP contribution is 2.33. The number of rotatable bonds is 3. The van der Waals surface area contributed by atoms with Gasteiger partial charge in [-0.1, -0.05) is 35.1 Å². The number of hydrogen-bond acceptors (Lipinski definition) is 4. The van der Waals surface area contributed by atoms with Crippen molar-refractivity contribution in [1.82, 2.24) is 4.98 Å². The van der Waals surface area contributed by atoms with E-state index in [1.54, 1.807) is 7.11 Å². The van der Waals surface area contributed by atoms with Crippen molar-refractivity contribution >= 4 is 22.9 Å². The summed E-state index contributed by atoms with van der Waals surface area (Å²) in [5, 5.41) is 10.5. The molecule has 0 amide bonds. The SMILES string of the molecule is COc1nc(-c2ccc(C)c(Cl)c2)c(CO)s1. The quantitative estimate of drug-likeness (QED) is 0.930. The number of nitrogens with zero attached hydrogens (tertiary/aromatic N) is 1. The van der Waals surface area contributed by atoms with Crippen molar-refractivity contribution in [2.24, 2.45) is 0 Å². The lowest BCUT2D eigenvalue weighted by Gasteiger charge is -2.02. The monoisotopic (exact) mass is 269 g/mol. The van der Waals surface area contributed by atoms with Crippen molar-refractivity contribution in [3.05, 3.63) is 33.7 Å². The summed E-state index contributed by atoms with van der Waals surface area (Å²) in [6.45, 7) is 1.89. The normalized spacial score (nSPS) is 10.6. The highest BCUT2D eigenvalue weighted by Gasteiger charge is 2.13. The number of aromatic nitrogens is 1. The fraction of sp³-hybridized carbons (Fsp3) is 0.250. The Hall–Kier alpha value is -1.10. The van der Waals surface area contributed by atoms with Crippen LogP contribution in [0.15, 0.2) is 18.2 Å². The van der Waals surface area contributed by atoms with Gasteiger partial charge >= 0.3 is 0 Å². The van der Waals surface area contributed by atoms with Crippen LogP contribution < -0.4 is 4.74 Å². The van der Waals surface area contributed by atoms with Gasteiger partial charge in [0.15, 0.2) is 0 Å². The summed E-state index contributed by atoms with van der Waals surface area (Å²) in [5.74, 6) is 0. The van der Waals surface area contributed by atoms with Crippen LogP contribution >= 0.6 is 22.9 Å². The smallest absolute Gasteiger partial charge is 0.273 e. The lowest BCUT2D eigenvalue weighted by atomic mass is 10.1. The minimum atomic E-state index is -0.0537. The van der Waals surface area contributed by atoms with Crippen LogP contribution in [0.1, 0.15) is 10.4 Å². The number of methoxy groups -OCH3 is 1. The molecule has 0 aliphatic carbocycles. The standard InChI is InChI=1S/C12H12ClNO2S/c1-7-3-4-8(5-9(7)13)11-10(6-15)17-12(14-11)16-2/h3-5,15H,6H2,1-2H3. The average Bonchev–Trinajstić information content (AvgIpc) is 2.76. The number of aliphatic hydroxyl groups is 1. The Bertz CT molecular complexity index is 539. The Labute approximate surface area is 109 Å². The lowest BCUT2D eigenvalue weighted by molar-refractivity contribution is 0.286. The number of thiazole rings is 1. The van der Waals surface area contributed by atoms with Gasteiger partial charge in [-0.25, -0.2) is 4.98 Å². The molecule has 0 aliphatic heterocycles. The van der Waals surface area contributed by atoms with Gasteiger partial charge in [0.25, 0.3) is 5.19 Å². The molecular weight excluding hydrogens is 258 g/mol. The highest BCUT2D eigenvalue weighted by molar-refractivity contribution is 7.13. The maximum atomic E-state index is 9.29. The second-order valence-electron chi connectivity index (χ2n) is 3.58. The van der Waals surface area contributed by atoms with Gasteiger partial charge in [0.05, 0.1) is 24.3 Å². The van der Waals surface area contributed by atoms with Gasteiger partial charge in [-0.05, 0) is 18.6 Å². The number of aryl methyl sites for hydroxylation is 1. The van der Waals surface area contributed by atoms with Gasteiger partial charge < -0.3 is 9.84 Å². The molecule has 1 N–H and O–H groups in total. The second kappa shape index (κ2) is 5.04. The third-order valence-corrected chi connectivity index (χ3v) is 3.85. The first-order valence-electron chi connectivity index (χ1n) is 5.06. The van der Waals surface area contributed by atoms with Crippen LogP contribution in [0, 0.1) is 6.92 Å². The van der Waals surface area contributed by atoms with E-state index in [1.165, 1.54) is 11.3 Å². The summed E-state index contributed by atoms with van der Waals surface area (Å²) in [5.41, 5.74) is 2.64. The molecule has 0 fully saturated rings. The third kappa shape index (κ3) is 2.44. The molecule has 0 aliphatic rings. The first-order valence-corrected chi connectivity index (χ1v) is 6.26. The van der Waals surface area contributed by atoms with E-state index >= 15 is 0 Å². The van der Waals surface area contributed by atoms with E-state index in [0.29, 0.717) is 10.2 Å². The van der Waals surface area contributed by atoms with Crippen LogP contribution in [0.2, 0.25) is 5.02 Å². The van der Waals surface area contributed by atoms with Crippen LogP contribution in [0.25, 0.3) is 11.3 Å².